The molecule has 0 radical (unpaired) electrons. The lowest BCUT2D eigenvalue weighted by Gasteiger charge is -2.40. The normalized spacial score (nSPS) is 18.4. The van der Waals surface area contributed by atoms with Crippen LogP contribution in [0.15, 0.2) is 66.7 Å². The Balaban J connectivity index is 0.000000339. The number of aromatic hydroxyl groups is 1. The number of anilines is 2. The molecule has 0 aliphatic carbocycles. The zero-order chi connectivity index (χ0) is 40.5. The third kappa shape index (κ3) is 12.4. The summed E-state index contributed by atoms with van der Waals surface area (Å²) >= 11 is 0. The van der Waals surface area contributed by atoms with Crippen LogP contribution in [0.25, 0.3) is 0 Å². The second kappa shape index (κ2) is 22.4. The number of piperazine rings is 1. The average Bonchev–Trinajstić information content (AvgIpc) is 3.23. The van der Waals surface area contributed by atoms with Gasteiger partial charge in [-0.25, -0.2) is 9.37 Å². The number of halogens is 1. The van der Waals surface area contributed by atoms with Crippen LogP contribution in [-0.2, 0) is 16.0 Å². The lowest BCUT2D eigenvalue weighted by Crippen LogP contribution is -2.52. The minimum atomic E-state index is -0.762. The number of aryl methyl sites for hydroxylation is 1. The topological polar surface area (TPSA) is 137 Å². The first-order chi connectivity index (χ1) is 27.2. The molecule has 3 N–H and O–H groups in total. The van der Waals surface area contributed by atoms with E-state index in [0.717, 1.165) is 89.5 Å². The van der Waals surface area contributed by atoms with E-state index in [4.69, 9.17) is 14.6 Å². The monoisotopic (exact) mass is 774 g/mol. The third-order valence-corrected chi connectivity index (χ3v) is 10.1. The lowest BCUT2D eigenvalue weighted by atomic mass is 9.95. The third-order valence-electron chi connectivity index (χ3n) is 10.1. The highest BCUT2D eigenvalue weighted by molar-refractivity contribution is 6.03. The Morgan fingerprint density at radius 3 is 2.30 bits per heavy atom. The van der Waals surface area contributed by atoms with Gasteiger partial charge >= 0.3 is 0 Å². The van der Waals surface area contributed by atoms with Crippen LogP contribution in [0.1, 0.15) is 75.9 Å². The maximum atomic E-state index is 14.1. The Labute approximate surface area is 331 Å². The first-order valence-electron chi connectivity index (χ1n) is 19.9. The van der Waals surface area contributed by atoms with Gasteiger partial charge in [0.1, 0.15) is 29.1 Å². The van der Waals surface area contributed by atoms with Crippen LogP contribution in [0.3, 0.4) is 0 Å². The zero-order valence-corrected chi connectivity index (χ0v) is 33.6. The second-order valence-electron chi connectivity index (χ2n) is 13.8. The van der Waals surface area contributed by atoms with Gasteiger partial charge in [0.05, 0.1) is 25.1 Å². The molecule has 3 fully saturated rings. The van der Waals surface area contributed by atoms with Crippen molar-refractivity contribution in [2.45, 2.75) is 72.3 Å². The van der Waals surface area contributed by atoms with Gasteiger partial charge in [-0.1, -0.05) is 44.2 Å². The molecule has 3 amide bonds. The van der Waals surface area contributed by atoms with E-state index in [9.17, 15) is 18.8 Å². The molecule has 2 aromatic carbocycles. The number of carbonyl (C=O) groups is 3. The molecule has 7 rings (SSSR count). The average molecular weight is 775 g/mol. The SMILES string of the molecule is C/C=C\C.CC.COc1nc(C(=O)NC2CCC(=O)NC2=O)ccc1N1CCN(CC2CCN(c3ccccc3F)CC2)CC1.Oc1ccc2c(c1)OCCC2. The van der Waals surface area contributed by atoms with Gasteiger partial charge in [-0.15, -0.1) is 0 Å². The van der Waals surface area contributed by atoms with E-state index < -0.39 is 17.9 Å². The van der Waals surface area contributed by atoms with E-state index in [1.165, 1.54) is 18.7 Å². The first-order valence-corrected chi connectivity index (χ1v) is 19.9. The number of aromatic nitrogens is 1. The number of ether oxygens (including phenoxy) is 2. The number of benzene rings is 2. The number of allylic oxidation sites excluding steroid dienone is 2. The summed E-state index contributed by atoms with van der Waals surface area (Å²) in [5.74, 6) is 0.608. The van der Waals surface area contributed by atoms with Gasteiger partial charge < -0.3 is 29.7 Å². The Morgan fingerprint density at radius 1 is 0.946 bits per heavy atom. The molecule has 1 aromatic heterocycles. The minimum absolute atomic E-state index is 0.153. The number of methoxy groups -OCH3 is 1. The maximum absolute atomic E-state index is 14.1. The number of hydrogen-bond donors (Lipinski definition) is 3. The van der Waals surface area contributed by atoms with Crippen molar-refractivity contribution in [3.8, 4) is 17.4 Å². The Hall–Kier alpha value is -5.17. The van der Waals surface area contributed by atoms with Crippen LogP contribution >= 0.6 is 0 Å². The fourth-order valence-electron chi connectivity index (χ4n) is 6.94. The van der Waals surface area contributed by atoms with Crippen LogP contribution in [0, 0.1) is 11.7 Å². The van der Waals surface area contributed by atoms with Crippen molar-refractivity contribution in [1.82, 2.24) is 20.5 Å². The quantitative estimate of drug-likeness (QED) is 0.190. The highest BCUT2D eigenvalue weighted by Crippen LogP contribution is 2.30. The number of carbonyl (C=O) groups excluding carboxylic acids is 3. The predicted molar refractivity (Wildman–Crippen MR) is 218 cm³/mol. The Morgan fingerprint density at radius 2 is 1.64 bits per heavy atom. The molecule has 0 saturated carbocycles. The van der Waals surface area contributed by atoms with Crippen LogP contribution < -0.4 is 29.9 Å². The number of piperidine rings is 2. The molecule has 3 saturated heterocycles. The van der Waals surface area contributed by atoms with Crippen molar-refractivity contribution in [2.75, 3.05) is 69.3 Å². The lowest BCUT2D eigenvalue weighted by molar-refractivity contribution is -0.134. The maximum Gasteiger partial charge on any atom is 0.270 e. The Kier molecular flexibility index (Phi) is 17.4. The summed E-state index contributed by atoms with van der Waals surface area (Å²) in [4.78, 5) is 47.3. The van der Waals surface area contributed by atoms with Crippen molar-refractivity contribution in [3.63, 3.8) is 0 Å². The van der Waals surface area contributed by atoms with Gasteiger partial charge in [0.25, 0.3) is 5.91 Å². The number of amides is 3. The molecule has 0 bridgehead atoms. The molecule has 1 unspecified atom stereocenters. The number of nitrogens with zero attached hydrogens (tertiary/aromatic N) is 4. The van der Waals surface area contributed by atoms with Crippen molar-refractivity contribution in [3.05, 3.63) is 83.8 Å². The smallest absolute Gasteiger partial charge is 0.270 e. The van der Waals surface area contributed by atoms with Crippen molar-refractivity contribution < 1.29 is 33.4 Å². The van der Waals surface area contributed by atoms with Gasteiger partial charge in [-0.3, -0.25) is 24.6 Å². The molecule has 56 heavy (non-hydrogen) atoms. The highest BCUT2D eigenvalue weighted by Gasteiger charge is 2.30. The van der Waals surface area contributed by atoms with E-state index in [1.807, 2.05) is 64.1 Å². The van der Waals surface area contributed by atoms with Gasteiger partial charge in [0.2, 0.25) is 17.7 Å². The molecule has 1 atom stereocenters. The fourth-order valence-corrected chi connectivity index (χ4v) is 6.94. The molecule has 4 aliphatic rings. The molecule has 5 heterocycles. The van der Waals surface area contributed by atoms with Gasteiger partial charge in [-0.2, -0.15) is 0 Å². The van der Waals surface area contributed by atoms with Crippen molar-refractivity contribution >= 4 is 29.1 Å². The van der Waals surface area contributed by atoms with Crippen LogP contribution in [0.4, 0.5) is 15.8 Å². The van der Waals surface area contributed by atoms with Crippen LogP contribution in [0.2, 0.25) is 0 Å². The van der Waals surface area contributed by atoms with E-state index in [-0.39, 0.29) is 36.0 Å². The standard InChI is InChI=1S/C28H35FN6O4.C9H10O2.C4H8.C2H6/c1-39-28-24(8-6-22(31-28)26(37)30-21-7-9-25(36)32-27(21)38)35-16-14-33(15-17-35)18-19-10-12-34(13-11-19)23-5-3-2-4-20(23)29;10-8-4-3-7-2-1-5-11-9(7)6-8;1-3-4-2;1-2/h2-6,8,19,21H,7,9-18H2,1H3,(H,30,37)(H,32,36,38);3-4,6,10H,1-2,5H2;3-4H,1-2H3;1-2H3/b;;4-3-;. The van der Waals surface area contributed by atoms with E-state index >= 15 is 0 Å². The summed E-state index contributed by atoms with van der Waals surface area (Å²) < 4.78 is 25.0. The van der Waals surface area contributed by atoms with Crippen molar-refractivity contribution in [1.29, 1.82) is 0 Å². The van der Waals surface area contributed by atoms with E-state index in [1.54, 1.807) is 24.3 Å². The molecule has 4 aliphatic heterocycles. The van der Waals surface area contributed by atoms with Crippen LogP contribution in [-0.4, -0.2) is 98.3 Å². The van der Waals surface area contributed by atoms with E-state index in [0.29, 0.717) is 17.5 Å². The van der Waals surface area contributed by atoms with Crippen molar-refractivity contribution in [2.24, 2.45) is 5.92 Å². The summed E-state index contributed by atoms with van der Waals surface area (Å²) in [6, 6.07) is 15.0. The summed E-state index contributed by atoms with van der Waals surface area (Å²) in [6.45, 7) is 15.0. The summed E-state index contributed by atoms with van der Waals surface area (Å²) in [5.41, 5.74) is 2.88. The van der Waals surface area contributed by atoms with Gasteiger partial charge in [0, 0.05) is 58.3 Å². The second-order valence-corrected chi connectivity index (χ2v) is 13.8. The fraction of sp³-hybridized carbons (Fsp3) is 0.488. The molecule has 13 heteroatoms. The summed E-state index contributed by atoms with van der Waals surface area (Å²) in [5, 5.41) is 14.0. The number of phenols is 1. The molecule has 304 valence electrons. The van der Waals surface area contributed by atoms with Crippen LogP contribution in [0.5, 0.6) is 17.4 Å². The highest BCUT2D eigenvalue weighted by atomic mass is 19.1. The first kappa shape index (κ1) is 43.6. The number of fused-ring (bicyclic) bond motifs is 1. The molecule has 3 aromatic rings. The number of imide groups is 1. The number of hydrogen-bond acceptors (Lipinski definition) is 10. The number of para-hydroxylation sites is 1. The summed E-state index contributed by atoms with van der Waals surface area (Å²) in [6.07, 6.45) is 8.70. The predicted octanol–water partition coefficient (Wildman–Crippen LogP) is 6.13. The Bertz CT molecular complexity index is 1750. The molecular formula is C43H59FN6O6. The zero-order valence-electron chi connectivity index (χ0n) is 33.6. The number of rotatable bonds is 7. The van der Waals surface area contributed by atoms with Gasteiger partial charge in [0.15, 0.2) is 0 Å². The largest absolute Gasteiger partial charge is 0.508 e. The number of phenolic OH excluding ortho intramolecular Hbond substituents is 1. The molecular weight excluding hydrogens is 716 g/mol. The number of pyridine rings is 1. The van der Waals surface area contributed by atoms with Gasteiger partial charge in [-0.05, 0) is 87.8 Å². The molecule has 0 spiro atoms. The number of nitrogens with one attached hydrogen (secondary N) is 2. The minimum Gasteiger partial charge on any atom is -0.508 e. The summed E-state index contributed by atoms with van der Waals surface area (Å²) in [7, 11) is 1.53. The molecule has 12 nitrogen and oxygen atoms in total. The van der Waals surface area contributed by atoms with E-state index in [2.05, 4.69) is 30.3 Å².